The van der Waals surface area contributed by atoms with Crippen LogP contribution >= 0.6 is 0 Å². The van der Waals surface area contributed by atoms with E-state index >= 15 is 0 Å². The van der Waals surface area contributed by atoms with Crippen molar-refractivity contribution in [2.24, 2.45) is 5.92 Å². The van der Waals surface area contributed by atoms with E-state index in [9.17, 15) is 19.2 Å². The maximum atomic E-state index is 12.3. The third-order valence-electron chi connectivity index (χ3n) is 3.41. The molecule has 4 N–H and O–H groups in total. The van der Waals surface area contributed by atoms with Crippen LogP contribution in [-0.2, 0) is 20.9 Å². The Morgan fingerprint density at radius 2 is 1.96 bits per heavy atom. The van der Waals surface area contributed by atoms with Crippen LogP contribution in [0.1, 0.15) is 0 Å². The van der Waals surface area contributed by atoms with Gasteiger partial charge in [0.05, 0.1) is 16.8 Å². The van der Waals surface area contributed by atoms with E-state index in [0.29, 0.717) is 0 Å². The molecule has 0 spiro atoms. The number of esters is 1. The van der Waals surface area contributed by atoms with E-state index in [4.69, 9.17) is 10.00 Å². The number of quaternary nitrogens is 1. The van der Waals surface area contributed by atoms with Crippen LogP contribution in [0.4, 0.5) is 0 Å². The molecule has 1 aromatic carbocycles. The van der Waals surface area contributed by atoms with Crippen LogP contribution in [0, 0.1) is 17.2 Å². The Hall–Kier alpha value is -3.51. The second-order valence-electron chi connectivity index (χ2n) is 5.23. The average Bonchev–Trinajstić information content (AvgIpc) is 2.58. The summed E-state index contributed by atoms with van der Waals surface area (Å²) in [6.45, 7) is 2.18. The van der Waals surface area contributed by atoms with Gasteiger partial charge >= 0.3 is 5.97 Å². The predicted molar refractivity (Wildman–Crippen MR) is 85.9 cm³/mol. The lowest BCUT2D eigenvalue weighted by molar-refractivity contribution is -0.309. The summed E-state index contributed by atoms with van der Waals surface area (Å²) >= 11 is 0. The lowest BCUT2D eigenvalue weighted by atomic mass is 10.0. The maximum Gasteiger partial charge on any atom is 0.328 e. The fourth-order valence-electron chi connectivity index (χ4n) is 2.16. The maximum absolute atomic E-state index is 12.3. The molecule has 0 fully saturated rings. The number of ketones is 1. The topological polar surface area (TPSA) is 150 Å². The average molecular weight is 343 g/mol. The minimum atomic E-state index is -1.17. The van der Waals surface area contributed by atoms with E-state index in [1.807, 2.05) is 0 Å². The molecule has 1 aromatic heterocycles. The molecule has 1 heterocycles. The molecule has 0 aliphatic heterocycles. The van der Waals surface area contributed by atoms with Gasteiger partial charge < -0.3 is 10.5 Å². The zero-order chi connectivity index (χ0) is 18.6. The van der Waals surface area contributed by atoms with E-state index in [-0.39, 0.29) is 16.5 Å². The number of hydrogen-bond donors (Lipinski definition) is 2. The summed E-state index contributed by atoms with van der Waals surface area (Å²) in [4.78, 5) is 47.7. The lowest BCUT2D eigenvalue weighted by Crippen LogP contribution is -2.51. The second kappa shape index (κ2) is 7.37. The van der Waals surface area contributed by atoms with Crippen molar-refractivity contribution < 1.29 is 20.1 Å². The molecule has 2 aromatic rings. The number of nitrogens with one attached hydrogen (secondary N) is 1. The van der Waals surface area contributed by atoms with Gasteiger partial charge in [-0.3, -0.25) is 24.3 Å². The standard InChI is InChI=1S/C16H14N4O5/c1-9(18)12(6-17)13(21)8-25-14(22)7-20-16(24)11-5-3-2-4-10(11)15(23)19-20/h2-5,12H,1,7-8,18H2,(H,19,23)/p+1/t12-/m1/s1. The fourth-order valence-corrected chi connectivity index (χ4v) is 2.16. The number of fused-ring (bicyclic) bond motifs is 1. The molecular weight excluding hydrogens is 328 g/mol. The molecule has 0 bridgehead atoms. The Kier molecular flexibility index (Phi) is 5.26. The van der Waals surface area contributed by atoms with Gasteiger partial charge in [0.2, 0.25) is 0 Å². The third kappa shape index (κ3) is 3.88. The van der Waals surface area contributed by atoms with E-state index in [1.54, 1.807) is 18.2 Å². The molecule has 0 unspecified atom stereocenters. The lowest BCUT2D eigenvalue weighted by Gasteiger charge is -2.08. The number of carbonyl (C=O) groups is 2. The number of aromatic amines is 1. The van der Waals surface area contributed by atoms with Crippen LogP contribution in [0.15, 0.2) is 46.1 Å². The van der Waals surface area contributed by atoms with E-state index in [0.717, 1.165) is 4.68 Å². The van der Waals surface area contributed by atoms with Gasteiger partial charge in [-0.25, -0.2) is 4.68 Å². The number of nitrogens with zero attached hydrogens (tertiary/aromatic N) is 2. The van der Waals surface area contributed by atoms with E-state index in [2.05, 4.69) is 17.4 Å². The van der Waals surface area contributed by atoms with Gasteiger partial charge in [-0.1, -0.05) is 12.1 Å². The molecule has 1 atom stereocenters. The van der Waals surface area contributed by atoms with Crippen LogP contribution in [0.5, 0.6) is 0 Å². The summed E-state index contributed by atoms with van der Waals surface area (Å²) in [6, 6.07) is 7.87. The molecule has 0 saturated heterocycles. The summed E-state index contributed by atoms with van der Waals surface area (Å²) in [5, 5.41) is 11.5. The van der Waals surface area contributed by atoms with Gasteiger partial charge in [0, 0.05) is 0 Å². The number of hydrogen-bond acceptors (Lipinski definition) is 6. The number of ether oxygens (including phenoxy) is 1. The van der Waals surface area contributed by atoms with Crippen LogP contribution in [0.2, 0.25) is 0 Å². The third-order valence-corrected chi connectivity index (χ3v) is 3.41. The molecular formula is C16H15N4O5+. The first-order chi connectivity index (χ1) is 11.8. The first-order valence-electron chi connectivity index (χ1n) is 7.15. The van der Waals surface area contributed by atoms with Gasteiger partial charge in [-0.05, 0) is 18.7 Å². The Bertz CT molecular complexity index is 1010. The molecule has 9 nitrogen and oxygen atoms in total. The number of benzene rings is 1. The number of nitriles is 1. The van der Waals surface area contributed by atoms with Crippen molar-refractivity contribution in [3.63, 3.8) is 0 Å². The summed E-state index contributed by atoms with van der Waals surface area (Å²) in [5.74, 6) is -2.75. The highest BCUT2D eigenvalue weighted by Gasteiger charge is 2.23. The van der Waals surface area contributed by atoms with Crippen LogP contribution in [-0.4, -0.2) is 28.1 Å². The Morgan fingerprint density at radius 1 is 1.32 bits per heavy atom. The van der Waals surface area contributed by atoms with Gasteiger partial charge in [-0.15, -0.1) is 0 Å². The molecule has 2 rings (SSSR count). The number of rotatable bonds is 6. The summed E-state index contributed by atoms with van der Waals surface area (Å²) in [5.41, 5.74) is 2.41. The van der Waals surface area contributed by atoms with Crippen LogP contribution in [0.3, 0.4) is 0 Å². The van der Waals surface area contributed by atoms with Crippen molar-refractivity contribution in [2.45, 2.75) is 6.54 Å². The van der Waals surface area contributed by atoms with E-state index < -0.39 is 41.9 Å². The smallest absolute Gasteiger partial charge is 0.328 e. The molecule has 0 radical (unpaired) electrons. The van der Waals surface area contributed by atoms with Crippen LogP contribution in [0.25, 0.3) is 10.8 Å². The fraction of sp³-hybridized carbons (Fsp3) is 0.188. The van der Waals surface area contributed by atoms with Crippen LogP contribution < -0.4 is 16.9 Å². The second-order valence-corrected chi connectivity index (χ2v) is 5.23. The van der Waals surface area contributed by atoms with Crippen molar-refractivity contribution in [2.75, 3.05) is 6.61 Å². The molecule has 0 saturated carbocycles. The quantitative estimate of drug-likeness (QED) is 0.622. The van der Waals surface area contributed by atoms with Gasteiger partial charge in [-0.2, -0.15) is 5.26 Å². The summed E-state index contributed by atoms with van der Waals surface area (Å²) in [6.07, 6.45) is 0. The minimum Gasteiger partial charge on any atom is -0.456 e. The molecule has 128 valence electrons. The van der Waals surface area contributed by atoms with Crippen molar-refractivity contribution in [1.29, 1.82) is 5.26 Å². The normalized spacial score (nSPS) is 11.5. The number of Topliss-reactive ketones (excluding diaryl/α,β-unsaturated/α-hetero) is 1. The Balaban J connectivity index is 2.13. The highest BCUT2D eigenvalue weighted by molar-refractivity contribution is 5.88. The van der Waals surface area contributed by atoms with E-state index in [1.165, 1.54) is 12.1 Å². The molecule has 0 amide bonds. The van der Waals surface area contributed by atoms with Crippen molar-refractivity contribution >= 4 is 22.5 Å². The van der Waals surface area contributed by atoms with Gasteiger partial charge in [0.15, 0.2) is 18.3 Å². The zero-order valence-electron chi connectivity index (χ0n) is 13.2. The zero-order valence-corrected chi connectivity index (χ0v) is 13.2. The van der Waals surface area contributed by atoms with Crippen molar-refractivity contribution in [3.05, 3.63) is 57.2 Å². The minimum absolute atomic E-state index is 0.0960. The molecule has 0 aliphatic rings. The molecule has 25 heavy (non-hydrogen) atoms. The first-order valence-corrected chi connectivity index (χ1v) is 7.15. The first kappa shape index (κ1) is 17.8. The molecule has 9 heteroatoms. The van der Waals surface area contributed by atoms with Gasteiger partial charge in [0.25, 0.3) is 11.1 Å². The SMILES string of the molecule is C=C([NH3+])[C@@H](C#N)C(=O)COC(=O)Cn1[nH]c(=O)c2ccccc2c1=O. The number of aromatic nitrogens is 2. The Labute approximate surface area is 140 Å². The molecule has 0 aliphatic carbocycles. The largest absolute Gasteiger partial charge is 0.456 e. The number of H-pyrrole nitrogens is 1. The predicted octanol–water partition coefficient (Wildman–Crippen LogP) is -1.30. The summed E-state index contributed by atoms with van der Waals surface area (Å²) < 4.78 is 5.56. The highest BCUT2D eigenvalue weighted by Crippen LogP contribution is 2.04. The number of allylic oxidation sites excluding steroid dienone is 1. The highest BCUT2D eigenvalue weighted by atomic mass is 16.5. The Morgan fingerprint density at radius 3 is 2.56 bits per heavy atom. The monoisotopic (exact) mass is 343 g/mol. The van der Waals surface area contributed by atoms with Crippen molar-refractivity contribution in [1.82, 2.24) is 9.78 Å². The van der Waals surface area contributed by atoms with Gasteiger partial charge in [0.1, 0.15) is 12.2 Å². The summed E-state index contributed by atoms with van der Waals surface area (Å²) in [7, 11) is 0. The van der Waals surface area contributed by atoms with Crippen molar-refractivity contribution in [3.8, 4) is 6.07 Å². The number of carbonyl (C=O) groups excluding carboxylic acids is 2.